The number of hydrogen-bond donors (Lipinski definition) is 0. The van der Waals surface area contributed by atoms with Crippen LogP contribution < -0.4 is 0 Å². The predicted octanol–water partition coefficient (Wildman–Crippen LogP) is 6.42. The second-order valence-corrected chi connectivity index (χ2v) is 7.83. The van der Waals surface area contributed by atoms with E-state index in [1.165, 1.54) is 44.1 Å². The predicted molar refractivity (Wildman–Crippen MR) is 93.4 cm³/mol. The molecule has 2 unspecified atom stereocenters. The van der Waals surface area contributed by atoms with Crippen LogP contribution in [0.4, 0.5) is 0 Å². The lowest BCUT2D eigenvalue weighted by Crippen LogP contribution is -2.26. The lowest BCUT2D eigenvalue weighted by molar-refractivity contribution is 0.138. The van der Waals surface area contributed by atoms with E-state index in [1.54, 1.807) is 0 Å². The smallest absolute Gasteiger partial charge is 0.00975 e. The Kier molecular flexibility index (Phi) is 6.08. The second-order valence-electron chi connectivity index (χ2n) is 7.83. The van der Waals surface area contributed by atoms with Crippen molar-refractivity contribution in [3.05, 3.63) is 48.0 Å². The Morgan fingerprint density at radius 2 is 1.81 bits per heavy atom. The van der Waals surface area contributed by atoms with E-state index in [2.05, 4.69) is 63.3 Å². The summed E-state index contributed by atoms with van der Waals surface area (Å²) in [6, 6.07) is 10.7. The van der Waals surface area contributed by atoms with E-state index in [0.29, 0.717) is 5.41 Å². The number of rotatable bonds is 5. The second kappa shape index (κ2) is 7.82. The molecule has 0 saturated heterocycles. The summed E-state index contributed by atoms with van der Waals surface area (Å²) in [4.78, 5) is 0. The number of allylic oxidation sites excluding steroid dienone is 2. The lowest BCUT2D eigenvalue weighted by atomic mass is 9.68. The molecule has 1 aromatic rings. The molecule has 0 aromatic heterocycles. The van der Waals surface area contributed by atoms with Gasteiger partial charge in [-0.25, -0.2) is 0 Å². The lowest BCUT2D eigenvalue weighted by Gasteiger charge is -2.37. The largest absolute Gasteiger partial charge is 0.0882 e. The Morgan fingerprint density at radius 1 is 1.05 bits per heavy atom. The van der Waals surface area contributed by atoms with E-state index in [4.69, 9.17) is 0 Å². The highest BCUT2D eigenvalue weighted by molar-refractivity contribution is 5.17. The molecule has 1 aliphatic carbocycles. The molecule has 0 N–H and O–H groups in total. The van der Waals surface area contributed by atoms with Gasteiger partial charge in [0, 0.05) is 0 Å². The summed E-state index contributed by atoms with van der Waals surface area (Å²) in [5.74, 6) is 1.90. The first-order valence-electron chi connectivity index (χ1n) is 8.74. The van der Waals surface area contributed by atoms with E-state index in [1.807, 2.05) is 0 Å². The van der Waals surface area contributed by atoms with Crippen LogP contribution in [0.5, 0.6) is 0 Å². The summed E-state index contributed by atoms with van der Waals surface area (Å²) >= 11 is 0. The standard InChI is InChI=1S/C21H32/c1-21(2,3)20-16-10-15-19(17-20)14-9-5-8-13-18-11-6-4-7-12-18/h4-8,11-12,19-20H,9-10,13-17H2,1-3H3. The fraction of sp³-hybridized carbons (Fsp3) is 0.619. The van der Waals surface area contributed by atoms with E-state index >= 15 is 0 Å². The highest BCUT2D eigenvalue weighted by Gasteiger charge is 2.29. The Hall–Kier alpha value is -1.04. The molecule has 21 heavy (non-hydrogen) atoms. The molecule has 0 nitrogen and oxygen atoms in total. The van der Waals surface area contributed by atoms with Crippen molar-refractivity contribution in [2.45, 2.75) is 65.7 Å². The third-order valence-electron chi connectivity index (χ3n) is 5.11. The fourth-order valence-electron chi connectivity index (χ4n) is 3.62. The van der Waals surface area contributed by atoms with Gasteiger partial charge in [-0.05, 0) is 54.9 Å². The van der Waals surface area contributed by atoms with Crippen molar-refractivity contribution in [2.75, 3.05) is 0 Å². The SMILES string of the molecule is CC(C)(C)C1CCCC(CCC=CCc2ccccc2)C1. The van der Waals surface area contributed by atoms with Crippen LogP contribution in [0.15, 0.2) is 42.5 Å². The zero-order chi connectivity index (χ0) is 15.1. The summed E-state index contributed by atoms with van der Waals surface area (Å²) in [6.45, 7) is 7.25. The van der Waals surface area contributed by atoms with Gasteiger partial charge >= 0.3 is 0 Å². The van der Waals surface area contributed by atoms with Gasteiger partial charge in [0.1, 0.15) is 0 Å². The van der Waals surface area contributed by atoms with Crippen molar-refractivity contribution in [1.29, 1.82) is 0 Å². The Labute approximate surface area is 131 Å². The van der Waals surface area contributed by atoms with E-state index < -0.39 is 0 Å². The first-order chi connectivity index (χ1) is 10.1. The summed E-state index contributed by atoms with van der Waals surface area (Å²) in [5.41, 5.74) is 1.92. The molecule has 0 radical (unpaired) electrons. The fourth-order valence-corrected chi connectivity index (χ4v) is 3.62. The van der Waals surface area contributed by atoms with Crippen LogP contribution in [-0.4, -0.2) is 0 Å². The molecule has 1 saturated carbocycles. The molecular weight excluding hydrogens is 252 g/mol. The van der Waals surface area contributed by atoms with Gasteiger partial charge in [-0.1, -0.05) is 76.1 Å². The Balaban J connectivity index is 1.68. The minimum Gasteiger partial charge on any atom is -0.0882 e. The van der Waals surface area contributed by atoms with E-state index in [9.17, 15) is 0 Å². The molecule has 1 fully saturated rings. The number of benzene rings is 1. The number of hydrogen-bond acceptors (Lipinski definition) is 0. The quantitative estimate of drug-likeness (QED) is 0.547. The topological polar surface area (TPSA) is 0 Å². The molecule has 1 aromatic carbocycles. The first-order valence-corrected chi connectivity index (χ1v) is 8.74. The normalized spacial score (nSPS) is 23.6. The molecule has 116 valence electrons. The highest BCUT2D eigenvalue weighted by Crippen LogP contribution is 2.41. The van der Waals surface area contributed by atoms with Crippen LogP contribution in [0.1, 0.15) is 64.9 Å². The third kappa shape index (κ3) is 5.69. The van der Waals surface area contributed by atoms with Crippen molar-refractivity contribution in [2.24, 2.45) is 17.3 Å². The molecule has 0 amide bonds. The molecule has 0 spiro atoms. The zero-order valence-electron chi connectivity index (χ0n) is 14.1. The van der Waals surface area contributed by atoms with Crippen molar-refractivity contribution in [1.82, 2.24) is 0 Å². The van der Waals surface area contributed by atoms with Gasteiger partial charge in [-0.15, -0.1) is 0 Å². The van der Waals surface area contributed by atoms with Gasteiger partial charge in [0.15, 0.2) is 0 Å². The zero-order valence-corrected chi connectivity index (χ0v) is 14.1. The molecule has 0 bridgehead atoms. The summed E-state index contributed by atoms with van der Waals surface area (Å²) < 4.78 is 0. The van der Waals surface area contributed by atoms with Crippen LogP contribution in [0.2, 0.25) is 0 Å². The maximum atomic E-state index is 2.42. The molecule has 0 heterocycles. The molecule has 0 heteroatoms. The Morgan fingerprint density at radius 3 is 2.52 bits per heavy atom. The highest BCUT2D eigenvalue weighted by atomic mass is 14.3. The molecule has 2 rings (SSSR count). The van der Waals surface area contributed by atoms with Crippen molar-refractivity contribution < 1.29 is 0 Å². The average molecular weight is 284 g/mol. The van der Waals surface area contributed by atoms with Crippen molar-refractivity contribution in [3.63, 3.8) is 0 Å². The van der Waals surface area contributed by atoms with Crippen LogP contribution in [0.25, 0.3) is 0 Å². The van der Waals surface area contributed by atoms with Gasteiger partial charge in [0.25, 0.3) is 0 Å². The van der Waals surface area contributed by atoms with Crippen molar-refractivity contribution >= 4 is 0 Å². The Bertz CT molecular complexity index is 421. The average Bonchev–Trinajstić information content (AvgIpc) is 2.47. The minimum absolute atomic E-state index is 0.502. The van der Waals surface area contributed by atoms with E-state index in [0.717, 1.165) is 18.3 Å². The molecule has 1 aliphatic rings. The monoisotopic (exact) mass is 284 g/mol. The minimum atomic E-state index is 0.502. The van der Waals surface area contributed by atoms with Crippen LogP contribution >= 0.6 is 0 Å². The van der Waals surface area contributed by atoms with Crippen molar-refractivity contribution in [3.8, 4) is 0 Å². The maximum Gasteiger partial charge on any atom is -0.00975 e. The molecule has 2 atom stereocenters. The van der Waals surface area contributed by atoms with Gasteiger partial charge in [-0.2, -0.15) is 0 Å². The molecular formula is C21H32. The molecule has 0 aliphatic heterocycles. The van der Waals surface area contributed by atoms with Crippen LogP contribution in [0.3, 0.4) is 0 Å². The summed E-state index contributed by atoms with van der Waals surface area (Å²) in [6.07, 6.45) is 14.3. The van der Waals surface area contributed by atoms with Gasteiger partial charge in [0.2, 0.25) is 0 Å². The van der Waals surface area contributed by atoms with Crippen LogP contribution in [-0.2, 0) is 6.42 Å². The van der Waals surface area contributed by atoms with Gasteiger partial charge in [0.05, 0.1) is 0 Å². The third-order valence-corrected chi connectivity index (χ3v) is 5.11. The summed E-state index contributed by atoms with van der Waals surface area (Å²) in [5, 5.41) is 0. The maximum absolute atomic E-state index is 2.42. The summed E-state index contributed by atoms with van der Waals surface area (Å²) in [7, 11) is 0. The van der Waals surface area contributed by atoms with E-state index in [-0.39, 0.29) is 0 Å². The van der Waals surface area contributed by atoms with Gasteiger partial charge < -0.3 is 0 Å². The first kappa shape index (κ1) is 16.3. The van der Waals surface area contributed by atoms with Gasteiger partial charge in [-0.3, -0.25) is 0 Å². The van der Waals surface area contributed by atoms with Crippen LogP contribution in [0, 0.1) is 17.3 Å².